The maximum atomic E-state index is 12.5. The van der Waals surface area contributed by atoms with E-state index < -0.39 is 0 Å². The Labute approximate surface area is 163 Å². The van der Waals surface area contributed by atoms with Gasteiger partial charge >= 0.3 is 0 Å². The topological polar surface area (TPSA) is 67.0 Å². The third-order valence-corrected chi connectivity index (χ3v) is 5.39. The molecule has 0 atom stereocenters. The zero-order valence-electron chi connectivity index (χ0n) is 15.2. The van der Waals surface area contributed by atoms with E-state index in [0.29, 0.717) is 16.5 Å². The van der Waals surface area contributed by atoms with Crippen molar-refractivity contribution in [2.24, 2.45) is 5.92 Å². The van der Waals surface area contributed by atoms with Crippen molar-refractivity contribution in [3.8, 4) is 17.1 Å². The first-order chi connectivity index (χ1) is 13.1. The van der Waals surface area contributed by atoms with Crippen LogP contribution in [-0.4, -0.2) is 23.0 Å². The molecule has 0 spiro atoms. The van der Waals surface area contributed by atoms with Crippen LogP contribution in [0.4, 0.5) is 5.69 Å². The Morgan fingerprint density at radius 2 is 2.00 bits per heavy atom. The van der Waals surface area contributed by atoms with Gasteiger partial charge in [0.2, 0.25) is 5.91 Å². The van der Waals surface area contributed by atoms with E-state index in [1.807, 2.05) is 36.4 Å². The summed E-state index contributed by atoms with van der Waals surface area (Å²) < 4.78 is 5.51. The van der Waals surface area contributed by atoms with Gasteiger partial charge in [-0.1, -0.05) is 30.9 Å². The lowest BCUT2D eigenvalue weighted by Gasteiger charge is -2.21. The van der Waals surface area contributed by atoms with E-state index in [0.717, 1.165) is 48.1 Å². The molecule has 1 aliphatic rings. The number of ether oxygens (including phenoxy) is 1. The summed E-state index contributed by atoms with van der Waals surface area (Å²) in [6.45, 7) is 0. The van der Waals surface area contributed by atoms with Gasteiger partial charge < -0.3 is 15.0 Å². The molecule has 27 heavy (non-hydrogen) atoms. The second-order valence-electron chi connectivity index (χ2n) is 6.99. The number of aromatic amines is 1. The Balaban J connectivity index is 1.59. The van der Waals surface area contributed by atoms with Crippen molar-refractivity contribution in [2.75, 3.05) is 12.4 Å². The SMILES string of the molecule is COc1cc(-c2nc3ccc(Cl)cc3[nH]2)ccc1NC(=O)C1CCCCC1. The highest BCUT2D eigenvalue weighted by Crippen LogP contribution is 2.32. The molecule has 5 nitrogen and oxygen atoms in total. The smallest absolute Gasteiger partial charge is 0.227 e. The number of H-pyrrole nitrogens is 1. The maximum absolute atomic E-state index is 12.5. The molecule has 0 unspecified atom stereocenters. The van der Waals surface area contributed by atoms with E-state index in [4.69, 9.17) is 16.3 Å². The van der Waals surface area contributed by atoms with Gasteiger partial charge in [0, 0.05) is 16.5 Å². The summed E-state index contributed by atoms with van der Waals surface area (Å²) in [4.78, 5) is 20.4. The molecule has 4 rings (SSSR count). The van der Waals surface area contributed by atoms with Crippen molar-refractivity contribution in [2.45, 2.75) is 32.1 Å². The van der Waals surface area contributed by atoms with Gasteiger partial charge in [-0.25, -0.2) is 4.98 Å². The van der Waals surface area contributed by atoms with Gasteiger partial charge in [0.15, 0.2) is 0 Å². The molecule has 2 aromatic carbocycles. The van der Waals surface area contributed by atoms with Gasteiger partial charge in [0.25, 0.3) is 0 Å². The fraction of sp³-hybridized carbons (Fsp3) is 0.333. The summed E-state index contributed by atoms with van der Waals surface area (Å²) in [5, 5.41) is 3.69. The van der Waals surface area contributed by atoms with Crippen molar-refractivity contribution in [3.05, 3.63) is 41.4 Å². The molecule has 1 amide bonds. The van der Waals surface area contributed by atoms with E-state index in [2.05, 4.69) is 15.3 Å². The normalized spacial score (nSPS) is 15.0. The third kappa shape index (κ3) is 3.78. The van der Waals surface area contributed by atoms with Crippen LogP contribution in [0.3, 0.4) is 0 Å². The maximum Gasteiger partial charge on any atom is 0.227 e. The molecule has 140 valence electrons. The van der Waals surface area contributed by atoms with Crippen LogP contribution in [0.5, 0.6) is 5.75 Å². The lowest BCUT2D eigenvalue weighted by molar-refractivity contribution is -0.120. The van der Waals surface area contributed by atoms with E-state index in [9.17, 15) is 4.79 Å². The van der Waals surface area contributed by atoms with Crippen molar-refractivity contribution in [1.82, 2.24) is 9.97 Å². The molecule has 1 aliphatic carbocycles. The minimum Gasteiger partial charge on any atom is -0.495 e. The largest absolute Gasteiger partial charge is 0.495 e. The molecule has 0 aliphatic heterocycles. The van der Waals surface area contributed by atoms with Crippen LogP contribution in [0.25, 0.3) is 22.4 Å². The number of hydrogen-bond acceptors (Lipinski definition) is 3. The lowest BCUT2D eigenvalue weighted by atomic mass is 9.88. The van der Waals surface area contributed by atoms with Crippen LogP contribution >= 0.6 is 11.6 Å². The van der Waals surface area contributed by atoms with Crippen molar-refractivity contribution < 1.29 is 9.53 Å². The van der Waals surface area contributed by atoms with Gasteiger partial charge in [-0.15, -0.1) is 0 Å². The quantitative estimate of drug-likeness (QED) is 0.632. The minimum atomic E-state index is 0.0825. The minimum absolute atomic E-state index is 0.0825. The van der Waals surface area contributed by atoms with Crippen molar-refractivity contribution in [3.63, 3.8) is 0 Å². The van der Waals surface area contributed by atoms with E-state index in [1.165, 1.54) is 6.42 Å². The van der Waals surface area contributed by atoms with Crippen LogP contribution in [0.15, 0.2) is 36.4 Å². The Morgan fingerprint density at radius 3 is 2.78 bits per heavy atom. The number of imidazole rings is 1. The summed E-state index contributed by atoms with van der Waals surface area (Å²) >= 11 is 6.05. The van der Waals surface area contributed by atoms with Gasteiger partial charge in [-0.05, 0) is 49.2 Å². The van der Waals surface area contributed by atoms with Crippen LogP contribution in [0.1, 0.15) is 32.1 Å². The van der Waals surface area contributed by atoms with Gasteiger partial charge in [0.1, 0.15) is 11.6 Å². The first kappa shape index (κ1) is 17.9. The summed E-state index contributed by atoms with van der Waals surface area (Å²) in [6, 6.07) is 11.2. The summed E-state index contributed by atoms with van der Waals surface area (Å²) in [5.41, 5.74) is 3.31. The first-order valence-electron chi connectivity index (χ1n) is 9.28. The molecule has 2 N–H and O–H groups in total. The molecule has 1 fully saturated rings. The summed E-state index contributed by atoms with van der Waals surface area (Å²) in [7, 11) is 1.60. The molecule has 1 saturated carbocycles. The van der Waals surface area contributed by atoms with Crippen LogP contribution < -0.4 is 10.1 Å². The lowest BCUT2D eigenvalue weighted by Crippen LogP contribution is -2.24. The molecule has 6 heteroatoms. The van der Waals surface area contributed by atoms with Gasteiger partial charge in [0.05, 0.1) is 23.8 Å². The number of hydrogen-bond donors (Lipinski definition) is 2. The molecule has 0 bridgehead atoms. The number of amides is 1. The number of aromatic nitrogens is 2. The van der Waals surface area contributed by atoms with Gasteiger partial charge in [-0.2, -0.15) is 0 Å². The van der Waals surface area contributed by atoms with Crippen molar-refractivity contribution in [1.29, 1.82) is 0 Å². The van der Waals surface area contributed by atoms with E-state index >= 15 is 0 Å². The predicted octanol–water partition coefficient (Wildman–Crippen LogP) is 5.41. The first-order valence-corrected chi connectivity index (χ1v) is 9.66. The molecular weight excluding hydrogens is 362 g/mol. The molecule has 1 heterocycles. The number of nitrogens with one attached hydrogen (secondary N) is 2. The summed E-state index contributed by atoms with van der Waals surface area (Å²) in [5.74, 6) is 1.54. The zero-order valence-corrected chi connectivity index (χ0v) is 16.0. The monoisotopic (exact) mass is 383 g/mol. The molecular formula is C21H22ClN3O2. The average Bonchev–Trinajstić information content (AvgIpc) is 3.12. The van der Waals surface area contributed by atoms with Crippen molar-refractivity contribution >= 4 is 34.2 Å². The van der Waals surface area contributed by atoms with E-state index in [-0.39, 0.29) is 11.8 Å². The van der Waals surface area contributed by atoms with E-state index in [1.54, 1.807) is 7.11 Å². The fourth-order valence-corrected chi connectivity index (χ4v) is 3.83. The Morgan fingerprint density at radius 1 is 1.19 bits per heavy atom. The van der Waals surface area contributed by atoms with Gasteiger partial charge in [-0.3, -0.25) is 4.79 Å². The van der Waals surface area contributed by atoms with Crippen LogP contribution in [0.2, 0.25) is 5.02 Å². The Kier molecular flexibility index (Phi) is 5.03. The number of rotatable bonds is 4. The predicted molar refractivity (Wildman–Crippen MR) is 108 cm³/mol. The number of benzene rings is 2. The molecule has 0 saturated heterocycles. The molecule has 1 aromatic heterocycles. The number of nitrogens with zero attached hydrogens (tertiary/aromatic N) is 1. The Hall–Kier alpha value is -2.53. The number of anilines is 1. The number of methoxy groups -OCH3 is 1. The summed E-state index contributed by atoms with van der Waals surface area (Å²) in [6.07, 6.45) is 5.42. The standard InChI is InChI=1S/C21H22ClN3O2/c1-27-19-11-14(20-23-16-10-8-15(22)12-18(16)24-20)7-9-17(19)25-21(26)13-5-3-2-4-6-13/h7-13H,2-6H2,1H3,(H,23,24)(H,25,26). The highest BCUT2D eigenvalue weighted by Gasteiger charge is 2.22. The molecule has 3 aromatic rings. The number of carbonyl (C=O) groups is 1. The highest BCUT2D eigenvalue weighted by molar-refractivity contribution is 6.31. The highest BCUT2D eigenvalue weighted by atomic mass is 35.5. The fourth-order valence-electron chi connectivity index (χ4n) is 3.66. The second kappa shape index (κ2) is 7.61. The van der Waals surface area contributed by atoms with Crippen LogP contribution in [-0.2, 0) is 4.79 Å². The zero-order chi connectivity index (χ0) is 18.8. The molecule has 0 radical (unpaired) electrons. The number of halogens is 1. The average molecular weight is 384 g/mol. The van der Waals surface area contributed by atoms with Crippen LogP contribution in [0, 0.1) is 5.92 Å². The third-order valence-electron chi connectivity index (χ3n) is 5.15. The second-order valence-corrected chi connectivity index (χ2v) is 7.42. The number of carbonyl (C=O) groups excluding carboxylic acids is 1. The number of fused-ring (bicyclic) bond motifs is 1. The Bertz CT molecular complexity index is 977.